The van der Waals surface area contributed by atoms with E-state index in [9.17, 15) is 0 Å². The SMILES string of the molecule is c1ccc(-c2cccc(-c3cccc(N(c4ccccc4)c4ccc(-c5cccc(-c6ccc7ccccc7c6)c5)cc4)c3)c2)cc1. The first-order valence-corrected chi connectivity index (χ1v) is 16.1. The predicted octanol–water partition coefficient (Wildman–Crippen LogP) is 13.0. The van der Waals surface area contributed by atoms with Crippen molar-refractivity contribution in [3.63, 3.8) is 0 Å². The summed E-state index contributed by atoms with van der Waals surface area (Å²) in [4.78, 5) is 2.33. The van der Waals surface area contributed by atoms with Gasteiger partial charge in [0.15, 0.2) is 0 Å². The van der Waals surface area contributed by atoms with E-state index in [1.807, 2.05) is 0 Å². The molecule has 1 heteroatoms. The van der Waals surface area contributed by atoms with E-state index in [4.69, 9.17) is 0 Å². The lowest BCUT2D eigenvalue weighted by Crippen LogP contribution is -2.09. The maximum absolute atomic E-state index is 2.33. The third-order valence-electron chi connectivity index (χ3n) is 8.83. The van der Waals surface area contributed by atoms with Crippen molar-refractivity contribution in [2.45, 2.75) is 0 Å². The summed E-state index contributed by atoms with van der Waals surface area (Å²) in [6.07, 6.45) is 0. The molecule has 0 bridgehead atoms. The predicted molar refractivity (Wildman–Crippen MR) is 200 cm³/mol. The van der Waals surface area contributed by atoms with Crippen LogP contribution in [0, 0.1) is 0 Å². The lowest BCUT2D eigenvalue weighted by Gasteiger charge is -2.26. The highest BCUT2D eigenvalue weighted by Crippen LogP contribution is 2.38. The monoisotopic (exact) mass is 599 g/mol. The number of anilines is 3. The smallest absolute Gasteiger partial charge is 0.0467 e. The van der Waals surface area contributed by atoms with Gasteiger partial charge in [-0.2, -0.15) is 0 Å². The molecular formula is C46H33N. The van der Waals surface area contributed by atoms with Crippen LogP contribution in [0.1, 0.15) is 0 Å². The van der Waals surface area contributed by atoms with Crippen LogP contribution >= 0.6 is 0 Å². The molecule has 0 saturated carbocycles. The minimum atomic E-state index is 1.11. The number of rotatable bonds is 7. The molecule has 0 N–H and O–H groups in total. The third-order valence-corrected chi connectivity index (χ3v) is 8.83. The van der Waals surface area contributed by atoms with Crippen molar-refractivity contribution in [2.75, 3.05) is 4.90 Å². The first-order valence-electron chi connectivity index (χ1n) is 16.1. The van der Waals surface area contributed by atoms with Gasteiger partial charge in [-0.1, -0.05) is 146 Å². The fraction of sp³-hybridized carbons (Fsp3) is 0. The maximum Gasteiger partial charge on any atom is 0.0467 e. The van der Waals surface area contributed by atoms with E-state index in [0.717, 1.165) is 17.1 Å². The zero-order chi connectivity index (χ0) is 31.4. The van der Waals surface area contributed by atoms with Crippen molar-refractivity contribution in [2.24, 2.45) is 0 Å². The van der Waals surface area contributed by atoms with Crippen molar-refractivity contribution in [1.29, 1.82) is 0 Å². The maximum atomic E-state index is 2.33. The molecule has 8 aromatic carbocycles. The summed E-state index contributed by atoms with van der Waals surface area (Å²) in [5, 5.41) is 2.52. The van der Waals surface area contributed by atoms with Crippen LogP contribution in [0.2, 0.25) is 0 Å². The third kappa shape index (κ3) is 5.95. The molecule has 0 aliphatic heterocycles. The van der Waals surface area contributed by atoms with Crippen molar-refractivity contribution >= 4 is 27.8 Å². The quantitative estimate of drug-likeness (QED) is 0.176. The molecule has 0 aliphatic rings. The zero-order valence-corrected chi connectivity index (χ0v) is 26.0. The molecule has 8 rings (SSSR count). The first kappa shape index (κ1) is 28.3. The van der Waals surface area contributed by atoms with E-state index in [1.165, 1.54) is 55.3 Å². The van der Waals surface area contributed by atoms with Gasteiger partial charge in [0.1, 0.15) is 0 Å². The summed E-state index contributed by atoms with van der Waals surface area (Å²) in [5.41, 5.74) is 13.0. The first-order chi connectivity index (χ1) is 23.3. The Bertz CT molecular complexity index is 2290. The largest absolute Gasteiger partial charge is 0.310 e. The molecule has 0 amide bonds. The molecule has 0 heterocycles. The zero-order valence-electron chi connectivity index (χ0n) is 26.0. The van der Waals surface area contributed by atoms with Crippen molar-refractivity contribution in [3.05, 3.63) is 200 Å². The van der Waals surface area contributed by atoms with Crippen molar-refractivity contribution < 1.29 is 0 Å². The van der Waals surface area contributed by atoms with Gasteiger partial charge in [-0.05, 0) is 110 Å². The Balaban J connectivity index is 1.13. The molecule has 0 atom stereocenters. The number of nitrogens with zero attached hydrogens (tertiary/aromatic N) is 1. The molecule has 47 heavy (non-hydrogen) atoms. The minimum absolute atomic E-state index is 1.11. The van der Waals surface area contributed by atoms with Gasteiger partial charge >= 0.3 is 0 Å². The number of hydrogen-bond donors (Lipinski definition) is 0. The van der Waals surface area contributed by atoms with E-state index >= 15 is 0 Å². The number of hydrogen-bond acceptors (Lipinski definition) is 1. The van der Waals surface area contributed by atoms with Crippen molar-refractivity contribution in [3.8, 4) is 44.5 Å². The molecule has 0 aromatic heterocycles. The molecule has 222 valence electrons. The fourth-order valence-corrected chi connectivity index (χ4v) is 6.41. The van der Waals surface area contributed by atoms with E-state index < -0.39 is 0 Å². The van der Waals surface area contributed by atoms with E-state index in [2.05, 4.69) is 205 Å². The summed E-state index contributed by atoms with van der Waals surface area (Å²) in [5.74, 6) is 0. The Kier molecular flexibility index (Phi) is 7.63. The summed E-state index contributed by atoms with van der Waals surface area (Å²) in [6.45, 7) is 0. The van der Waals surface area contributed by atoms with Gasteiger partial charge in [0.05, 0.1) is 0 Å². The van der Waals surface area contributed by atoms with Gasteiger partial charge in [0.2, 0.25) is 0 Å². The second-order valence-corrected chi connectivity index (χ2v) is 11.9. The Morgan fingerprint density at radius 3 is 1.28 bits per heavy atom. The van der Waals surface area contributed by atoms with E-state index in [0.29, 0.717) is 0 Å². The highest BCUT2D eigenvalue weighted by Gasteiger charge is 2.14. The average molecular weight is 600 g/mol. The number of fused-ring (bicyclic) bond motifs is 1. The minimum Gasteiger partial charge on any atom is -0.310 e. The lowest BCUT2D eigenvalue weighted by molar-refractivity contribution is 1.28. The summed E-state index contributed by atoms with van der Waals surface area (Å²) >= 11 is 0. The van der Waals surface area contributed by atoms with Crippen molar-refractivity contribution in [1.82, 2.24) is 0 Å². The second kappa shape index (κ2) is 12.7. The highest BCUT2D eigenvalue weighted by atomic mass is 15.1. The van der Waals surface area contributed by atoms with Gasteiger partial charge < -0.3 is 4.90 Å². The van der Waals surface area contributed by atoms with Gasteiger partial charge in [-0.3, -0.25) is 0 Å². The molecule has 0 aliphatic carbocycles. The Morgan fingerprint density at radius 1 is 0.213 bits per heavy atom. The van der Waals surface area contributed by atoms with Crippen LogP contribution in [0.4, 0.5) is 17.1 Å². The molecule has 0 unspecified atom stereocenters. The van der Waals surface area contributed by atoms with Gasteiger partial charge in [-0.15, -0.1) is 0 Å². The van der Waals surface area contributed by atoms with Crippen LogP contribution < -0.4 is 4.90 Å². The summed E-state index contributed by atoms with van der Waals surface area (Å²) < 4.78 is 0. The van der Waals surface area contributed by atoms with Gasteiger partial charge in [0, 0.05) is 17.1 Å². The van der Waals surface area contributed by atoms with Crippen LogP contribution in [-0.4, -0.2) is 0 Å². The topological polar surface area (TPSA) is 3.24 Å². The Labute approximate surface area is 276 Å². The van der Waals surface area contributed by atoms with Gasteiger partial charge in [0.25, 0.3) is 0 Å². The molecule has 0 saturated heterocycles. The molecule has 0 spiro atoms. The van der Waals surface area contributed by atoms with E-state index in [-0.39, 0.29) is 0 Å². The molecule has 8 aromatic rings. The normalized spacial score (nSPS) is 11.0. The lowest BCUT2D eigenvalue weighted by atomic mass is 9.97. The Hall–Kier alpha value is -6.18. The summed E-state index contributed by atoms with van der Waals surface area (Å²) in [6, 6.07) is 71.8. The van der Waals surface area contributed by atoms with Crippen LogP contribution in [0.25, 0.3) is 55.3 Å². The van der Waals surface area contributed by atoms with Crippen LogP contribution in [0.5, 0.6) is 0 Å². The molecular weight excluding hydrogens is 567 g/mol. The van der Waals surface area contributed by atoms with Crippen LogP contribution in [0.15, 0.2) is 200 Å². The highest BCUT2D eigenvalue weighted by molar-refractivity contribution is 5.88. The number of benzene rings is 8. The standard InChI is InChI=1S/C46H33N/c1-3-12-34(13-4-1)38-16-9-18-40(30-38)42-20-11-23-46(33-42)47(44-21-5-2-6-22-44)45-28-26-36(27-29-45)39-17-10-19-41(31-39)43-25-24-35-14-7-8-15-37(35)32-43/h1-33H. The van der Waals surface area contributed by atoms with Crippen LogP contribution in [-0.2, 0) is 0 Å². The molecule has 1 nitrogen and oxygen atoms in total. The number of para-hydroxylation sites is 1. The molecule has 0 fully saturated rings. The second-order valence-electron chi connectivity index (χ2n) is 11.9. The summed E-state index contributed by atoms with van der Waals surface area (Å²) in [7, 11) is 0. The van der Waals surface area contributed by atoms with E-state index in [1.54, 1.807) is 0 Å². The molecule has 0 radical (unpaired) electrons. The van der Waals surface area contributed by atoms with Gasteiger partial charge in [-0.25, -0.2) is 0 Å². The Morgan fingerprint density at radius 2 is 0.617 bits per heavy atom. The fourth-order valence-electron chi connectivity index (χ4n) is 6.41. The average Bonchev–Trinajstić information content (AvgIpc) is 3.16. The van der Waals surface area contributed by atoms with Crippen LogP contribution in [0.3, 0.4) is 0 Å².